The molecule has 108 valence electrons. The molecule has 1 aliphatic rings. The summed E-state index contributed by atoms with van der Waals surface area (Å²) in [5, 5.41) is 1.43. The largest absolute Gasteiger partial charge is 0.358 e. The number of fused-ring (bicyclic) bond motifs is 3. The molecule has 1 N–H and O–H groups in total. The number of aromatic amines is 1. The Hall–Kier alpha value is -0.760. The summed E-state index contributed by atoms with van der Waals surface area (Å²) in [4.78, 5) is 3.65. The van der Waals surface area contributed by atoms with E-state index in [-0.39, 0.29) is 0 Å². The Labute approximate surface area is 130 Å². The third-order valence-electron chi connectivity index (χ3n) is 4.72. The van der Waals surface area contributed by atoms with Gasteiger partial charge in [-0.2, -0.15) is 0 Å². The zero-order valence-electron chi connectivity index (χ0n) is 12.3. The van der Waals surface area contributed by atoms with Gasteiger partial charge in [-0.15, -0.1) is 0 Å². The van der Waals surface area contributed by atoms with Gasteiger partial charge in [0.2, 0.25) is 0 Å². The predicted octanol–water partition coefficient (Wildman–Crippen LogP) is 6.01. The third-order valence-corrected chi connectivity index (χ3v) is 5.21. The van der Waals surface area contributed by atoms with Crippen LogP contribution >= 0.6 is 15.9 Å². The molecule has 0 amide bonds. The van der Waals surface area contributed by atoms with E-state index in [0.29, 0.717) is 0 Å². The van der Waals surface area contributed by atoms with Crippen molar-refractivity contribution >= 4 is 26.8 Å². The second kappa shape index (κ2) is 6.34. The fourth-order valence-corrected chi connectivity index (χ4v) is 3.94. The Bertz CT molecular complexity index is 584. The van der Waals surface area contributed by atoms with E-state index in [2.05, 4.69) is 46.0 Å². The smallest absolute Gasteiger partial charge is 0.0459 e. The van der Waals surface area contributed by atoms with Crippen LogP contribution in [-0.4, -0.2) is 4.98 Å². The molecule has 1 aromatic heterocycles. The molecule has 0 radical (unpaired) electrons. The van der Waals surface area contributed by atoms with Crippen molar-refractivity contribution in [1.82, 2.24) is 4.98 Å². The molecule has 0 saturated carbocycles. The molecule has 0 bridgehead atoms. The average molecular weight is 334 g/mol. The third kappa shape index (κ3) is 2.95. The minimum absolute atomic E-state index is 0.899. The molecule has 20 heavy (non-hydrogen) atoms. The molecule has 2 aromatic rings. The Morgan fingerprint density at radius 3 is 3.00 bits per heavy atom. The highest BCUT2D eigenvalue weighted by atomic mass is 79.9. The molecule has 2 heteroatoms. The number of aryl methyl sites for hydroxylation is 1. The lowest BCUT2D eigenvalue weighted by molar-refractivity contribution is 0.404. The molecule has 0 aliphatic heterocycles. The molecule has 1 unspecified atom stereocenters. The fourth-order valence-electron chi connectivity index (χ4n) is 3.58. The predicted molar refractivity (Wildman–Crippen MR) is 90.3 cm³/mol. The Balaban J connectivity index is 1.70. The summed E-state index contributed by atoms with van der Waals surface area (Å²) in [5.74, 6) is 0.899. The van der Waals surface area contributed by atoms with E-state index < -0.39 is 0 Å². The van der Waals surface area contributed by atoms with Gasteiger partial charge in [0.15, 0.2) is 0 Å². The molecule has 1 aliphatic carbocycles. The molecule has 3 rings (SSSR count). The van der Waals surface area contributed by atoms with Crippen LogP contribution in [0.25, 0.3) is 10.9 Å². The van der Waals surface area contributed by atoms with Gasteiger partial charge < -0.3 is 4.98 Å². The maximum absolute atomic E-state index is 3.65. The fraction of sp³-hybridized carbons (Fsp3) is 0.556. The van der Waals surface area contributed by atoms with Crippen LogP contribution in [0, 0.1) is 5.92 Å². The highest BCUT2D eigenvalue weighted by Crippen LogP contribution is 2.34. The van der Waals surface area contributed by atoms with Gasteiger partial charge in [-0.05, 0) is 48.9 Å². The minimum Gasteiger partial charge on any atom is -0.358 e. The average Bonchev–Trinajstić information content (AvgIpc) is 2.81. The zero-order chi connectivity index (χ0) is 13.9. The van der Waals surface area contributed by atoms with Crippen molar-refractivity contribution in [3.8, 4) is 0 Å². The van der Waals surface area contributed by atoms with Gasteiger partial charge in [0.05, 0.1) is 0 Å². The first kappa shape index (κ1) is 14.2. The van der Waals surface area contributed by atoms with Crippen LogP contribution in [0.4, 0.5) is 0 Å². The molecule has 1 aromatic carbocycles. The summed E-state index contributed by atoms with van der Waals surface area (Å²) in [6.07, 6.45) is 10.9. The molecule has 0 fully saturated rings. The maximum Gasteiger partial charge on any atom is 0.0459 e. The van der Waals surface area contributed by atoms with E-state index in [1.54, 1.807) is 5.56 Å². The molecule has 1 atom stereocenters. The summed E-state index contributed by atoms with van der Waals surface area (Å²) in [7, 11) is 0. The van der Waals surface area contributed by atoms with Gasteiger partial charge in [0.25, 0.3) is 0 Å². The summed E-state index contributed by atoms with van der Waals surface area (Å²) >= 11 is 3.59. The normalized spacial score (nSPS) is 18.4. The number of hydrogen-bond acceptors (Lipinski definition) is 0. The molecular weight excluding hydrogens is 310 g/mol. The standard InChI is InChI=1S/C18H24BrN/c1-2-3-4-5-6-13-7-9-15-16-12-14(19)8-10-17(16)20-18(15)11-13/h8,10,12-13,20H,2-7,9,11H2,1H3. The molecule has 1 nitrogen and oxygen atoms in total. The Morgan fingerprint density at radius 1 is 1.25 bits per heavy atom. The number of hydrogen-bond donors (Lipinski definition) is 1. The van der Waals surface area contributed by atoms with Crippen LogP contribution in [-0.2, 0) is 12.8 Å². The zero-order valence-corrected chi connectivity index (χ0v) is 13.9. The van der Waals surface area contributed by atoms with E-state index in [9.17, 15) is 0 Å². The van der Waals surface area contributed by atoms with E-state index in [1.807, 2.05) is 0 Å². The van der Waals surface area contributed by atoms with Crippen molar-refractivity contribution in [2.75, 3.05) is 0 Å². The first-order chi connectivity index (χ1) is 9.78. The van der Waals surface area contributed by atoms with Crippen LogP contribution in [0.5, 0.6) is 0 Å². The number of aromatic nitrogens is 1. The van der Waals surface area contributed by atoms with Gasteiger partial charge in [-0.3, -0.25) is 0 Å². The van der Waals surface area contributed by atoms with Gasteiger partial charge in [0.1, 0.15) is 0 Å². The summed E-state index contributed by atoms with van der Waals surface area (Å²) in [6.45, 7) is 2.29. The van der Waals surface area contributed by atoms with E-state index in [4.69, 9.17) is 0 Å². The Kier molecular flexibility index (Phi) is 4.50. The molecule has 0 spiro atoms. The highest BCUT2D eigenvalue weighted by molar-refractivity contribution is 9.10. The van der Waals surface area contributed by atoms with Crippen LogP contribution in [0.15, 0.2) is 22.7 Å². The summed E-state index contributed by atoms with van der Waals surface area (Å²) in [6, 6.07) is 6.60. The van der Waals surface area contributed by atoms with Crippen molar-refractivity contribution in [2.45, 2.75) is 58.3 Å². The van der Waals surface area contributed by atoms with Crippen LogP contribution in [0.2, 0.25) is 0 Å². The van der Waals surface area contributed by atoms with E-state index >= 15 is 0 Å². The Morgan fingerprint density at radius 2 is 2.15 bits per heavy atom. The first-order valence-corrected chi connectivity index (χ1v) is 8.86. The summed E-state index contributed by atoms with van der Waals surface area (Å²) in [5.41, 5.74) is 4.39. The van der Waals surface area contributed by atoms with Crippen LogP contribution < -0.4 is 0 Å². The lowest BCUT2D eigenvalue weighted by atomic mass is 9.84. The number of nitrogens with one attached hydrogen (secondary N) is 1. The summed E-state index contributed by atoms with van der Waals surface area (Å²) < 4.78 is 1.19. The number of unbranched alkanes of at least 4 members (excludes halogenated alkanes) is 3. The van der Waals surface area contributed by atoms with Crippen molar-refractivity contribution in [1.29, 1.82) is 0 Å². The van der Waals surface area contributed by atoms with Gasteiger partial charge >= 0.3 is 0 Å². The van der Waals surface area contributed by atoms with Crippen LogP contribution in [0.1, 0.15) is 56.7 Å². The van der Waals surface area contributed by atoms with Crippen molar-refractivity contribution < 1.29 is 0 Å². The second-order valence-electron chi connectivity index (χ2n) is 6.23. The van der Waals surface area contributed by atoms with Gasteiger partial charge in [0, 0.05) is 21.1 Å². The SMILES string of the molecule is CCCCCCC1CCc2c([nH]c3ccc(Br)cc23)C1. The number of rotatable bonds is 5. The molecular formula is C18H24BrN. The lowest BCUT2D eigenvalue weighted by Gasteiger charge is -2.22. The quantitative estimate of drug-likeness (QED) is 0.645. The van der Waals surface area contributed by atoms with Crippen molar-refractivity contribution in [3.05, 3.63) is 33.9 Å². The molecule has 1 heterocycles. The van der Waals surface area contributed by atoms with Crippen molar-refractivity contribution in [2.24, 2.45) is 5.92 Å². The number of H-pyrrole nitrogens is 1. The van der Waals surface area contributed by atoms with Gasteiger partial charge in [-0.1, -0.05) is 55.0 Å². The molecule has 0 saturated heterocycles. The minimum atomic E-state index is 0.899. The number of halogens is 1. The topological polar surface area (TPSA) is 15.8 Å². The lowest BCUT2D eigenvalue weighted by Crippen LogP contribution is -2.13. The number of benzene rings is 1. The van der Waals surface area contributed by atoms with Crippen molar-refractivity contribution in [3.63, 3.8) is 0 Å². The monoisotopic (exact) mass is 333 g/mol. The van der Waals surface area contributed by atoms with Crippen LogP contribution in [0.3, 0.4) is 0 Å². The van der Waals surface area contributed by atoms with E-state index in [1.165, 1.54) is 72.4 Å². The van der Waals surface area contributed by atoms with E-state index in [0.717, 1.165) is 5.92 Å². The maximum atomic E-state index is 3.65. The first-order valence-electron chi connectivity index (χ1n) is 8.07. The van der Waals surface area contributed by atoms with Gasteiger partial charge in [-0.25, -0.2) is 0 Å². The second-order valence-corrected chi connectivity index (χ2v) is 7.15. The highest BCUT2D eigenvalue weighted by Gasteiger charge is 2.22.